The number of amides is 2. The molecule has 9 heteroatoms. The number of rotatable bonds is 7. The summed E-state index contributed by atoms with van der Waals surface area (Å²) in [7, 11) is 0. The van der Waals surface area contributed by atoms with E-state index >= 15 is 0 Å². The first-order chi connectivity index (χ1) is 14.6. The Morgan fingerprint density at radius 3 is 2.83 bits per heavy atom. The molecule has 4 rings (SSSR count). The van der Waals surface area contributed by atoms with Crippen LogP contribution in [0.3, 0.4) is 0 Å². The third-order valence-corrected chi connectivity index (χ3v) is 7.02. The van der Waals surface area contributed by atoms with Crippen molar-refractivity contribution in [2.24, 2.45) is 0 Å². The fraction of sp³-hybridized carbons (Fsp3) is 0.286. The molecule has 1 saturated heterocycles. The van der Waals surface area contributed by atoms with Gasteiger partial charge in [-0.05, 0) is 55.3 Å². The molecule has 156 valence electrons. The predicted octanol–water partition coefficient (Wildman–Crippen LogP) is 4.59. The van der Waals surface area contributed by atoms with Crippen molar-refractivity contribution in [2.45, 2.75) is 23.3 Å². The molecule has 1 aromatic heterocycles. The highest BCUT2D eigenvalue weighted by Crippen LogP contribution is 2.31. The van der Waals surface area contributed by atoms with E-state index < -0.39 is 0 Å². The number of carbonyl (C=O) groups is 2. The largest absolute Gasteiger partial charge is 0.376 e. The molecule has 0 aliphatic carbocycles. The minimum atomic E-state index is -0.201. The highest BCUT2D eigenvalue weighted by atomic mass is 35.5. The number of thioether (sulfide) groups is 1. The van der Waals surface area contributed by atoms with Gasteiger partial charge in [0.2, 0.25) is 5.91 Å². The van der Waals surface area contributed by atoms with E-state index in [4.69, 9.17) is 16.3 Å². The second-order valence-corrected chi connectivity index (χ2v) is 9.54. The summed E-state index contributed by atoms with van der Waals surface area (Å²) in [4.78, 5) is 29.0. The summed E-state index contributed by atoms with van der Waals surface area (Å²) in [6.45, 7) is 1.35. The third-order valence-electron chi connectivity index (χ3n) is 4.61. The van der Waals surface area contributed by atoms with Crippen molar-refractivity contribution in [2.75, 3.05) is 24.2 Å². The van der Waals surface area contributed by atoms with Crippen LogP contribution in [0.4, 0.5) is 5.69 Å². The first-order valence-corrected chi connectivity index (χ1v) is 11.7. The number of hydrogen-bond acceptors (Lipinski definition) is 6. The van der Waals surface area contributed by atoms with Crippen LogP contribution < -0.4 is 10.6 Å². The molecule has 2 heterocycles. The SMILES string of the molecule is O=C(CSc1nc2ccc(NC(=O)c3ccc(Cl)cc3)cc2s1)NCC1CCCO1. The second kappa shape index (κ2) is 9.78. The zero-order valence-corrected chi connectivity index (χ0v) is 18.4. The van der Waals surface area contributed by atoms with Gasteiger partial charge in [-0.2, -0.15) is 0 Å². The number of ether oxygens (including phenoxy) is 1. The molecule has 3 aromatic rings. The number of anilines is 1. The summed E-state index contributed by atoms with van der Waals surface area (Å²) in [5.41, 5.74) is 2.07. The molecular weight excluding hydrogens is 442 g/mol. The molecule has 1 aliphatic rings. The standard InChI is InChI=1S/C21H20ClN3O3S2/c22-14-5-3-13(4-6-14)20(27)24-15-7-8-17-18(10-15)30-21(25-17)29-12-19(26)23-11-16-2-1-9-28-16/h3-8,10,16H,1-2,9,11-12H2,(H,23,26)(H,24,27). The van der Waals surface area contributed by atoms with Gasteiger partial charge < -0.3 is 15.4 Å². The Hall–Kier alpha value is -2.13. The van der Waals surface area contributed by atoms with E-state index in [0.29, 0.717) is 28.6 Å². The number of hydrogen-bond donors (Lipinski definition) is 2. The molecule has 0 spiro atoms. The summed E-state index contributed by atoms with van der Waals surface area (Å²) >= 11 is 8.78. The normalized spacial score (nSPS) is 16.0. The summed E-state index contributed by atoms with van der Waals surface area (Å²) in [5, 5.41) is 6.39. The molecule has 0 saturated carbocycles. The van der Waals surface area contributed by atoms with E-state index in [1.807, 2.05) is 18.2 Å². The van der Waals surface area contributed by atoms with Crippen LogP contribution in [0.15, 0.2) is 46.8 Å². The van der Waals surface area contributed by atoms with Crippen LogP contribution in [0.1, 0.15) is 23.2 Å². The number of carbonyl (C=O) groups excluding carboxylic acids is 2. The van der Waals surface area contributed by atoms with Crippen LogP contribution >= 0.6 is 34.7 Å². The Balaban J connectivity index is 1.33. The maximum Gasteiger partial charge on any atom is 0.255 e. The molecule has 30 heavy (non-hydrogen) atoms. The molecule has 1 fully saturated rings. The smallest absolute Gasteiger partial charge is 0.255 e. The zero-order chi connectivity index (χ0) is 20.9. The van der Waals surface area contributed by atoms with E-state index in [2.05, 4.69) is 15.6 Å². The van der Waals surface area contributed by atoms with E-state index in [1.165, 1.54) is 23.1 Å². The van der Waals surface area contributed by atoms with Crippen molar-refractivity contribution in [1.29, 1.82) is 0 Å². The van der Waals surface area contributed by atoms with Gasteiger partial charge in [-0.1, -0.05) is 23.4 Å². The lowest BCUT2D eigenvalue weighted by Crippen LogP contribution is -2.32. The van der Waals surface area contributed by atoms with Crippen LogP contribution in [-0.2, 0) is 9.53 Å². The molecule has 1 atom stereocenters. The maximum absolute atomic E-state index is 12.4. The van der Waals surface area contributed by atoms with Gasteiger partial charge >= 0.3 is 0 Å². The first kappa shape index (κ1) is 21.1. The molecule has 2 N–H and O–H groups in total. The van der Waals surface area contributed by atoms with Gasteiger partial charge in [0.1, 0.15) is 0 Å². The number of aromatic nitrogens is 1. The van der Waals surface area contributed by atoms with Crippen molar-refractivity contribution >= 4 is 62.4 Å². The monoisotopic (exact) mass is 461 g/mol. The average Bonchev–Trinajstić information content (AvgIpc) is 3.40. The van der Waals surface area contributed by atoms with Gasteiger partial charge in [0.15, 0.2) is 4.34 Å². The molecule has 0 bridgehead atoms. The fourth-order valence-corrected chi connectivity index (χ4v) is 5.12. The minimum absolute atomic E-state index is 0.0225. The van der Waals surface area contributed by atoms with E-state index in [1.54, 1.807) is 24.3 Å². The Bertz CT molecular complexity index is 1050. The lowest BCUT2D eigenvalue weighted by Gasteiger charge is -2.09. The lowest BCUT2D eigenvalue weighted by atomic mass is 10.2. The number of benzene rings is 2. The number of thiazole rings is 1. The second-order valence-electron chi connectivity index (χ2n) is 6.85. The lowest BCUT2D eigenvalue weighted by molar-refractivity contribution is -0.119. The molecule has 1 unspecified atom stereocenters. The topological polar surface area (TPSA) is 80.3 Å². The summed E-state index contributed by atoms with van der Waals surface area (Å²) < 4.78 is 7.28. The van der Waals surface area contributed by atoms with Crippen molar-refractivity contribution in [3.05, 3.63) is 53.1 Å². The van der Waals surface area contributed by atoms with Crippen molar-refractivity contribution in [3.63, 3.8) is 0 Å². The van der Waals surface area contributed by atoms with Crippen molar-refractivity contribution < 1.29 is 14.3 Å². The maximum atomic E-state index is 12.4. The highest BCUT2D eigenvalue weighted by molar-refractivity contribution is 8.01. The average molecular weight is 462 g/mol. The van der Waals surface area contributed by atoms with Gasteiger partial charge in [-0.15, -0.1) is 11.3 Å². The summed E-state index contributed by atoms with van der Waals surface area (Å²) in [6, 6.07) is 12.3. The molecule has 6 nitrogen and oxygen atoms in total. The Morgan fingerprint density at radius 1 is 1.23 bits per heavy atom. The van der Waals surface area contributed by atoms with Crippen LogP contribution in [0.25, 0.3) is 10.2 Å². The summed E-state index contributed by atoms with van der Waals surface area (Å²) in [6.07, 6.45) is 2.20. The Labute approximate surface area is 187 Å². The fourth-order valence-electron chi connectivity index (χ4n) is 3.06. The van der Waals surface area contributed by atoms with E-state index in [-0.39, 0.29) is 17.9 Å². The molecular formula is C21H20ClN3O3S2. The van der Waals surface area contributed by atoms with E-state index in [0.717, 1.165) is 34.0 Å². The Morgan fingerprint density at radius 2 is 2.07 bits per heavy atom. The zero-order valence-electron chi connectivity index (χ0n) is 16.0. The van der Waals surface area contributed by atoms with Crippen molar-refractivity contribution in [1.82, 2.24) is 10.3 Å². The molecule has 0 radical (unpaired) electrons. The molecule has 2 aromatic carbocycles. The highest BCUT2D eigenvalue weighted by Gasteiger charge is 2.16. The minimum Gasteiger partial charge on any atom is -0.376 e. The number of nitrogens with one attached hydrogen (secondary N) is 2. The molecule has 2 amide bonds. The van der Waals surface area contributed by atoms with Crippen molar-refractivity contribution in [3.8, 4) is 0 Å². The van der Waals surface area contributed by atoms with E-state index in [9.17, 15) is 9.59 Å². The number of halogens is 1. The first-order valence-electron chi connectivity index (χ1n) is 9.55. The number of nitrogens with zero attached hydrogens (tertiary/aromatic N) is 1. The molecule has 1 aliphatic heterocycles. The van der Waals surface area contributed by atoms with Crippen LogP contribution in [0, 0.1) is 0 Å². The van der Waals surface area contributed by atoms with Gasteiger partial charge in [-0.3, -0.25) is 9.59 Å². The van der Waals surface area contributed by atoms with Gasteiger partial charge in [0.25, 0.3) is 5.91 Å². The van der Waals surface area contributed by atoms with Crippen LogP contribution in [-0.4, -0.2) is 41.8 Å². The third kappa shape index (κ3) is 5.51. The summed E-state index contributed by atoms with van der Waals surface area (Å²) in [5.74, 6) is 0.0888. The van der Waals surface area contributed by atoms with Gasteiger partial charge in [0.05, 0.1) is 22.1 Å². The Kier molecular flexibility index (Phi) is 6.89. The van der Waals surface area contributed by atoms with Crippen LogP contribution in [0.5, 0.6) is 0 Å². The quantitative estimate of drug-likeness (QED) is 0.503. The van der Waals surface area contributed by atoms with Gasteiger partial charge in [0, 0.05) is 29.4 Å². The predicted molar refractivity (Wildman–Crippen MR) is 122 cm³/mol. The van der Waals surface area contributed by atoms with Crippen LogP contribution in [0.2, 0.25) is 5.02 Å². The number of fused-ring (bicyclic) bond motifs is 1. The van der Waals surface area contributed by atoms with Gasteiger partial charge in [-0.25, -0.2) is 4.98 Å².